The highest BCUT2D eigenvalue weighted by atomic mass is 19.1. The second kappa shape index (κ2) is 5.69. The molecule has 2 amide bonds. The molecule has 1 rings (SSSR count). The van der Waals surface area contributed by atoms with E-state index < -0.39 is 23.2 Å². The topological polar surface area (TPSA) is 78.4 Å². The van der Waals surface area contributed by atoms with Crippen molar-refractivity contribution in [3.63, 3.8) is 0 Å². The highest BCUT2D eigenvalue weighted by Gasteiger charge is 2.27. The third kappa shape index (κ3) is 4.24. The molecule has 0 radical (unpaired) electrons. The van der Waals surface area contributed by atoms with Crippen molar-refractivity contribution in [3.05, 3.63) is 29.6 Å². The lowest BCUT2D eigenvalue weighted by Gasteiger charge is -2.19. The number of hydrogen-bond donors (Lipinski definition) is 3. The molecule has 0 saturated heterocycles. The Balaban J connectivity index is 2.61. The number of nitrogens with one attached hydrogen (secondary N) is 2. The average molecular weight is 268 g/mol. The summed E-state index contributed by atoms with van der Waals surface area (Å²) in [6.07, 6.45) is 0. The lowest BCUT2D eigenvalue weighted by Crippen LogP contribution is -2.40. The molecule has 19 heavy (non-hydrogen) atoms. The minimum absolute atomic E-state index is 0.0540. The maximum Gasteiger partial charge on any atom is 0.319 e. The third-order valence-electron chi connectivity index (χ3n) is 2.64. The van der Waals surface area contributed by atoms with Crippen molar-refractivity contribution in [2.45, 2.75) is 20.8 Å². The molecule has 3 N–H and O–H groups in total. The van der Waals surface area contributed by atoms with Crippen LogP contribution in [0, 0.1) is 18.2 Å². The minimum Gasteiger partial charge on any atom is -0.481 e. The highest BCUT2D eigenvalue weighted by Crippen LogP contribution is 2.16. The zero-order valence-electron chi connectivity index (χ0n) is 11.1. The number of aryl methyl sites for hydroxylation is 1. The van der Waals surface area contributed by atoms with Crippen LogP contribution in [0.25, 0.3) is 0 Å². The standard InChI is InChI=1S/C13H17FN2O3/c1-8-4-5-9(14)10(6-8)16-12(19)15-7-13(2,3)11(17)18/h4-6H,7H2,1-3H3,(H,17,18)(H2,15,16,19). The van der Waals surface area contributed by atoms with Crippen LogP contribution < -0.4 is 10.6 Å². The predicted octanol–water partition coefficient (Wildman–Crippen LogP) is 2.37. The summed E-state index contributed by atoms with van der Waals surface area (Å²) in [7, 11) is 0. The summed E-state index contributed by atoms with van der Waals surface area (Å²) in [5.74, 6) is -1.56. The Bertz CT molecular complexity index is 501. The van der Waals surface area contributed by atoms with Gasteiger partial charge in [-0.1, -0.05) is 6.07 Å². The van der Waals surface area contributed by atoms with Gasteiger partial charge in [0.1, 0.15) is 5.82 Å². The second-order valence-electron chi connectivity index (χ2n) is 4.98. The largest absolute Gasteiger partial charge is 0.481 e. The molecule has 0 saturated carbocycles. The molecule has 0 spiro atoms. The first-order chi connectivity index (χ1) is 8.72. The van der Waals surface area contributed by atoms with Gasteiger partial charge in [-0.25, -0.2) is 9.18 Å². The summed E-state index contributed by atoms with van der Waals surface area (Å²) >= 11 is 0. The molecule has 0 bridgehead atoms. The first-order valence-electron chi connectivity index (χ1n) is 5.77. The van der Waals surface area contributed by atoms with Gasteiger partial charge < -0.3 is 15.7 Å². The minimum atomic E-state index is -1.08. The predicted molar refractivity (Wildman–Crippen MR) is 69.6 cm³/mol. The number of aliphatic carboxylic acids is 1. The number of halogens is 1. The molecule has 5 nitrogen and oxygen atoms in total. The van der Waals surface area contributed by atoms with Gasteiger partial charge in [0.05, 0.1) is 11.1 Å². The quantitative estimate of drug-likeness (QED) is 0.784. The van der Waals surface area contributed by atoms with E-state index >= 15 is 0 Å². The van der Waals surface area contributed by atoms with Gasteiger partial charge in [0.2, 0.25) is 0 Å². The first kappa shape index (κ1) is 14.9. The van der Waals surface area contributed by atoms with Crippen LogP contribution in [0.1, 0.15) is 19.4 Å². The Morgan fingerprint density at radius 1 is 1.37 bits per heavy atom. The second-order valence-corrected chi connectivity index (χ2v) is 4.98. The lowest BCUT2D eigenvalue weighted by molar-refractivity contribution is -0.146. The van der Waals surface area contributed by atoms with Crippen LogP contribution in [0.4, 0.5) is 14.9 Å². The van der Waals surface area contributed by atoms with Gasteiger partial charge in [-0.05, 0) is 38.5 Å². The van der Waals surface area contributed by atoms with Gasteiger partial charge in [-0.3, -0.25) is 4.79 Å². The number of carbonyl (C=O) groups excluding carboxylic acids is 1. The number of carboxylic acids is 1. The van der Waals surface area contributed by atoms with Crippen LogP contribution in [-0.4, -0.2) is 23.7 Å². The van der Waals surface area contributed by atoms with Gasteiger partial charge in [-0.2, -0.15) is 0 Å². The van der Waals surface area contributed by atoms with Gasteiger partial charge in [0.25, 0.3) is 0 Å². The van der Waals surface area contributed by atoms with Crippen LogP contribution in [0.3, 0.4) is 0 Å². The lowest BCUT2D eigenvalue weighted by atomic mass is 9.94. The van der Waals surface area contributed by atoms with Crippen molar-refractivity contribution in [1.82, 2.24) is 5.32 Å². The monoisotopic (exact) mass is 268 g/mol. The molecule has 0 atom stereocenters. The number of carbonyl (C=O) groups is 2. The molecule has 1 aromatic rings. The number of urea groups is 1. The van der Waals surface area contributed by atoms with E-state index in [1.807, 2.05) is 0 Å². The Kier molecular flexibility index (Phi) is 4.47. The van der Waals surface area contributed by atoms with E-state index in [1.165, 1.54) is 26.0 Å². The van der Waals surface area contributed by atoms with Crippen molar-refractivity contribution in [2.75, 3.05) is 11.9 Å². The van der Waals surface area contributed by atoms with E-state index in [4.69, 9.17) is 5.11 Å². The molecule has 0 aliphatic heterocycles. The van der Waals surface area contributed by atoms with Crippen LogP contribution in [0.5, 0.6) is 0 Å². The molecular weight excluding hydrogens is 251 g/mol. The summed E-state index contributed by atoms with van der Waals surface area (Å²) in [5, 5.41) is 13.6. The van der Waals surface area contributed by atoms with Crippen molar-refractivity contribution in [1.29, 1.82) is 0 Å². The SMILES string of the molecule is Cc1ccc(F)c(NC(=O)NCC(C)(C)C(=O)O)c1. The Hall–Kier alpha value is -2.11. The number of rotatable bonds is 4. The first-order valence-corrected chi connectivity index (χ1v) is 5.77. The molecule has 1 aromatic carbocycles. The molecule has 0 aliphatic rings. The number of amides is 2. The van der Waals surface area contributed by atoms with Gasteiger partial charge in [-0.15, -0.1) is 0 Å². The van der Waals surface area contributed by atoms with E-state index in [9.17, 15) is 14.0 Å². The molecular formula is C13H17FN2O3. The number of hydrogen-bond acceptors (Lipinski definition) is 2. The van der Waals surface area contributed by atoms with E-state index in [2.05, 4.69) is 10.6 Å². The Labute approximate surface area is 110 Å². The molecule has 0 heterocycles. The third-order valence-corrected chi connectivity index (χ3v) is 2.64. The van der Waals surface area contributed by atoms with Crippen molar-refractivity contribution >= 4 is 17.7 Å². The van der Waals surface area contributed by atoms with Gasteiger partial charge in [0, 0.05) is 6.54 Å². The molecule has 104 valence electrons. The summed E-state index contributed by atoms with van der Waals surface area (Å²) in [4.78, 5) is 22.4. The van der Waals surface area contributed by atoms with Crippen molar-refractivity contribution < 1.29 is 19.1 Å². The fraction of sp³-hybridized carbons (Fsp3) is 0.385. The summed E-state index contributed by atoms with van der Waals surface area (Å²) in [5.41, 5.74) is -0.212. The Morgan fingerprint density at radius 2 is 2.00 bits per heavy atom. The van der Waals surface area contributed by atoms with E-state index in [0.29, 0.717) is 0 Å². The van der Waals surface area contributed by atoms with Crippen molar-refractivity contribution in [3.8, 4) is 0 Å². The summed E-state index contributed by atoms with van der Waals surface area (Å²) in [6.45, 7) is 4.70. The van der Waals surface area contributed by atoms with Crippen LogP contribution in [0.15, 0.2) is 18.2 Å². The summed E-state index contributed by atoms with van der Waals surface area (Å²) in [6, 6.07) is 3.70. The van der Waals surface area contributed by atoms with Gasteiger partial charge >= 0.3 is 12.0 Å². The molecule has 0 fully saturated rings. The molecule has 0 aromatic heterocycles. The molecule has 0 aliphatic carbocycles. The number of carboxylic acid groups (broad SMARTS) is 1. The van der Waals surface area contributed by atoms with Crippen molar-refractivity contribution in [2.24, 2.45) is 5.41 Å². The fourth-order valence-corrected chi connectivity index (χ4v) is 1.28. The average Bonchev–Trinajstić information content (AvgIpc) is 2.31. The van der Waals surface area contributed by atoms with E-state index in [-0.39, 0.29) is 12.2 Å². The van der Waals surface area contributed by atoms with Crippen LogP contribution in [-0.2, 0) is 4.79 Å². The fourth-order valence-electron chi connectivity index (χ4n) is 1.28. The maximum absolute atomic E-state index is 13.4. The van der Waals surface area contributed by atoms with E-state index in [0.717, 1.165) is 5.56 Å². The maximum atomic E-state index is 13.4. The zero-order chi connectivity index (χ0) is 14.6. The van der Waals surface area contributed by atoms with Crippen LogP contribution >= 0.6 is 0 Å². The highest BCUT2D eigenvalue weighted by molar-refractivity contribution is 5.89. The van der Waals surface area contributed by atoms with E-state index in [1.54, 1.807) is 13.0 Å². The number of benzene rings is 1. The summed E-state index contributed by atoms with van der Waals surface area (Å²) < 4.78 is 13.4. The smallest absolute Gasteiger partial charge is 0.319 e. The van der Waals surface area contributed by atoms with Gasteiger partial charge in [0.15, 0.2) is 0 Å². The Morgan fingerprint density at radius 3 is 2.58 bits per heavy atom. The number of anilines is 1. The normalized spacial score (nSPS) is 10.9. The molecule has 0 unspecified atom stereocenters. The molecule has 6 heteroatoms. The zero-order valence-corrected chi connectivity index (χ0v) is 11.1. The van der Waals surface area contributed by atoms with Crippen LogP contribution in [0.2, 0.25) is 0 Å².